The second-order valence-corrected chi connectivity index (χ2v) is 13.3. The van der Waals surface area contributed by atoms with Crippen molar-refractivity contribution in [3.63, 3.8) is 0 Å². The van der Waals surface area contributed by atoms with Crippen molar-refractivity contribution in [1.29, 1.82) is 0 Å². The van der Waals surface area contributed by atoms with Crippen molar-refractivity contribution >= 4 is 41.0 Å². The average molecular weight is 623 g/mol. The number of rotatable bonds is 13. The van der Waals surface area contributed by atoms with E-state index in [-0.39, 0.29) is 12.5 Å². The van der Waals surface area contributed by atoms with Crippen LogP contribution in [0.4, 0.5) is 0 Å². The lowest BCUT2D eigenvalue weighted by Gasteiger charge is -2.51. The predicted octanol–water partition coefficient (Wildman–Crippen LogP) is 6.38. The van der Waals surface area contributed by atoms with E-state index in [1.165, 1.54) is 66.2 Å². The first-order valence-corrected chi connectivity index (χ1v) is 17.0. The minimum atomic E-state index is -1.68. The maximum Gasteiger partial charge on any atom is 0.349 e. The number of carbonyl (C=O) groups is 3. The molecule has 2 fully saturated rings. The first-order valence-electron chi connectivity index (χ1n) is 15.2. The number of carbonyl (C=O) groups excluding carboxylic acids is 2. The van der Waals surface area contributed by atoms with Gasteiger partial charge in [-0.3, -0.25) is 9.59 Å². The van der Waals surface area contributed by atoms with E-state index in [0.29, 0.717) is 28.1 Å². The Morgan fingerprint density at radius 3 is 2.05 bits per heavy atom. The van der Waals surface area contributed by atoms with Crippen LogP contribution < -0.4 is 0 Å². The molecule has 10 heteroatoms. The molecule has 8 nitrogen and oxygen atoms in total. The molecule has 4 rings (SSSR count). The number of thiophene rings is 2. The van der Waals surface area contributed by atoms with Crippen molar-refractivity contribution in [2.24, 2.45) is 5.41 Å². The van der Waals surface area contributed by atoms with Gasteiger partial charge >= 0.3 is 11.9 Å². The van der Waals surface area contributed by atoms with Gasteiger partial charge in [0.25, 0.3) is 0 Å². The molecule has 0 aromatic carbocycles. The third kappa shape index (κ3) is 10.8. The molecular weight excluding hydrogens is 572 g/mol. The molecule has 236 valence electrons. The van der Waals surface area contributed by atoms with Crippen molar-refractivity contribution in [2.45, 2.75) is 96.7 Å². The summed E-state index contributed by atoms with van der Waals surface area (Å²) in [5, 5.41) is 23.3. The van der Waals surface area contributed by atoms with Crippen LogP contribution in [-0.2, 0) is 24.7 Å². The molecular formula is C32H50N2O6S2. The van der Waals surface area contributed by atoms with Gasteiger partial charge in [-0.05, 0) is 92.9 Å². The predicted molar refractivity (Wildman–Crippen MR) is 170 cm³/mol. The summed E-state index contributed by atoms with van der Waals surface area (Å²) in [4.78, 5) is 38.4. The van der Waals surface area contributed by atoms with Crippen molar-refractivity contribution in [2.75, 3.05) is 33.2 Å². The molecule has 2 aliphatic rings. The number of nitrogens with zero attached hydrogens (tertiary/aromatic N) is 2. The van der Waals surface area contributed by atoms with E-state index < -0.39 is 17.5 Å². The highest BCUT2D eigenvalue weighted by Gasteiger charge is 2.51. The van der Waals surface area contributed by atoms with Crippen LogP contribution in [0.2, 0.25) is 0 Å². The maximum atomic E-state index is 13.0. The fourth-order valence-corrected chi connectivity index (χ4v) is 6.90. The molecule has 0 atom stereocenters. The summed E-state index contributed by atoms with van der Waals surface area (Å²) in [5.41, 5.74) is -1.34. The van der Waals surface area contributed by atoms with Crippen LogP contribution in [0, 0.1) is 5.41 Å². The topological polar surface area (TPSA) is 107 Å². The van der Waals surface area contributed by atoms with E-state index in [2.05, 4.69) is 25.7 Å². The standard InChI is InChI=1S/C21H27NO3S2.C7H13NO3.C4H10/c1-2-9-22-10-7-20(8-11-22)14-16(15-20)25-19(23)21(24,17-5-3-12-26-17)18-6-4-13-27-18;1-8(6-9)5-3-2-4-7(10)11;1-3-4-2/h3-6,12-13,16,24H,2,7-11,14-15H2,1H3;6H,2-5H2,1H3,(H,10,11);3-4H2,1-2H3. The highest BCUT2D eigenvalue weighted by atomic mass is 32.1. The first kappa shape index (κ1) is 35.9. The molecule has 2 N–H and O–H groups in total. The molecule has 2 aromatic rings. The van der Waals surface area contributed by atoms with E-state index in [4.69, 9.17) is 9.84 Å². The van der Waals surface area contributed by atoms with Crippen LogP contribution in [0.1, 0.15) is 94.7 Å². The Kier molecular flexibility index (Phi) is 15.7. The molecule has 2 aromatic heterocycles. The van der Waals surface area contributed by atoms with E-state index in [9.17, 15) is 19.5 Å². The zero-order valence-electron chi connectivity index (χ0n) is 25.8. The van der Waals surface area contributed by atoms with E-state index in [1.54, 1.807) is 19.2 Å². The third-order valence-corrected chi connectivity index (χ3v) is 9.89. The lowest BCUT2D eigenvalue weighted by atomic mass is 9.61. The normalized spacial score (nSPS) is 16.3. The van der Waals surface area contributed by atoms with Gasteiger partial charge in [-0.1, -0.05) is 45.7 Å². The summed E-state index contributed by atoms with van der Waals surface area (Å²) in [7, 11) is 1.67. The SMILES string of the molecule is CCCC.CCCN1CCC2(CC1)CC(OC(=O)C(O)(c1cccs1)c1cccs1)C2.CN(C=O)CCCCC(=O)O. The second-order valence-electron chi connectivity index (χ2n) is 11.4. The lowest BCUT2D eigenvalue weighted by Crippen LogP contribution is -2.51. The minimum Gasteiger partial charge on any atom is -0.481 e. The molecule has 1 saturated carbocycles. The number of aliphatic hydroxyl groups is 1. The van der Waals surface area contributed by atoms with Crippen LogP contribution in [-0.4, -0.2) is 77.7 Å². The molecule has 1 amide bonds. The van der Waals surface area contributed by atoms with Gasteiger partial charge in [-0.15, -0.1) is 22.7 Å². The number of carboxylic acid groups (broad SMARTS) is 1. The summed E-state index contributed by atoms with van der Waals surface area (Å²) in [5.74, 6) is -1.31. The summed E-state index contributed by atoms with van der Waals surface area (Å²) >= 11 is 2.77. The van der Waals surface area contributed by atoms with Crippen LogP contribution in [0.15, 0.2) is 35.0 Å². The monoisotopic (exact) mass is 622 g/mol. The second kappa shape index (κ2) is 18.4. The highest BCUT2D eigenvalue weighted by Crippen LogP contribution is 2.51. The summed E-state index contributed by atoms with van der Waals surface area (Å²) in [6.45, 7) is 10.7. The molecule has 0 radical (unpaired) electrons. The van der Waals surface area contributed by atoms with Crippen LogP contribution in [0.5, 0.6) is 0 Å². The number of amides is 1. The van der Waals surface area contributed by atoms with Gasteiger partial charge in [0.1, 0.15) is 6.10 Å². The number of piperidine rings is 1. The Bertz CT molecular complexity index is 991. The van der Waals surface area contributed by atoms with Gasteiger partial charge in [-0.2, -0.15) is 0 Å². The van der Waals surface area contributed by atoms with Crippen LogP contribution in [0.25, 0.3) is 0 Å². The zero-order valence-corrected chi connectivity index (χ0v) is 27.4. The van der Waals surface area contributed by atoms with Gasteiger partial charge in [0, 0.05) is 20.0 Å². The van der Waals surface area contributed by atoms with E-state index in [1.807, 2.05) is 22.9 Å². The summed E-state index contributed by atoms with van der Waals surface area (Å²) in [6, 6.07) is 7.32. The third-order valence-electron chi connectivity index (χ3n) is 7.93. The first-order chi connectivity index (χ1) is 20.1. The number of ether oxygens (including phenoxy) is 1. The van der Waals surface area contributed by atoms with E-state index >= 15 is 0 Å². The molecule has 0 bridgehead atoms. The molecule has 1 aliphatic heterocycles. The van der Waals surface area contributed by atoms with Crippen molar-refractivity contribution in [3.8, 4) is 0 Å². The molecule has 3 heterocycles. The average Bonchev–Trinajstić information content (AvgIpc) is 3.71. The number of carboxylic acids is 1. The van der Waals surface area contributed by atoms with Gasteiger partial charge < -0.3 is 24.7 Å². The number of aliphatic carboxylic acids is 1. The minimum absolute atomic E-state index is 0.0679. The van der Waals surface area contributed by atoms with Crippen molar-refractivity contribution in [3.05, 3.63) is 44.8 Å². The molecule has 1 aliphatic carbocycles. The zero-order chi connectivity index (χ0) is 31.0. The number of esters is 1. The lowest BCUT2D eigenvalue weighted by molar-refractivity contribution is -0.181. The Morgan fingerprint density at radius 1 is 1.05 bits per heavy atom. The van der Waals surface area contributed by atoms with E-state index in [0.717, 1.165) is 38.8 Å². The molecule has 1 saturated heterocycles. The summed E-state index contributed by atoms with van der Waals surface area (Å²) < 4.78 is 5.81. The Balaban J connectivity index is 0.000000344. The molecule has 42 heavy (non-hydrogen) atoms. The number of likely N-dealkylation sites (tertiary alicyclic amines) is 1. The van der Waals surface area contributed by atoms with Gasteiger partial charge in [-0.25, -0.2) is 4.79 Å². The summed E-state index contributed by atoms with van der Waals surface area (Å²) in [6.07, 6.45) is 10.3. The van der Waals surface area contributed by atoms with Gasteiger partial charge in [0.15, 0.2) is 0 Å². The molecule has 1 spiro atoms. The maximum absolute atomic E-state index is 13.0. The Hall–Kier alpha value is -2.27. The number of hydrogen-bond donors (Lipinski definition) is 2. The van der Waals surface area contributed by atoms with Crippen LogP contribution >= 0.6 is 22.7 Å². The fourth-order valence-electron chi connectivity index (χ4n) is 5.18. The van der Waals surface area contributed by atoms with Gasteiger partial charge in [0.05, 0.1) is 9.75 Å². The Morgan fingerprint density at radius 2 is 1.62 bits per heavy atom. The smallest absolute Gasteiger partial charge is 0.349 e. The largest absolute Gasteiger partial charge is 0.481 e. The fraction of sp³-hybridized carbons (Fsp3) is 0.656. The van der Waals surface area contributed by atoms with Crippen LogP contribution in [0.3, 0.4) is 0 Å². The highest BCUT2D eigenvalue weighted by molar-refractivity contribution is 7.12. The Labute approximate surface area is 259 Å². The number of hydrogen-bond acceptors (Lipinski definition) is 8. The van der Waals surface area contributed by atoms with Crippen molar-refractivity contribution in [1.82, 2.24) is 9.80 Å². The van der Waals surface area contributed by atoms with Crippen molar-refractivity contribution < 1.29 is 29.3 Å². The number of unbranched alkanes of at least 4 members (excludes halogenated alkanes) is 2. The molecule has 0 unspecified atom stereocenters. The van der Waals surface area contributed by atoms with Gasteiger partial charge in [0.2, 0.25) is 12.0 Å². The quantitative estimate of drug-likeness (QED) is 0.152.